The number of rotatable bonds is 11. The van der Waals surface area contributed by atoms with Crippen LogP contribution in [0.25, 0.3) is 0 Å². The van der Waals surface area contributed by atoms with Crippen molar-refractivity contribution in [2.75, 3.05) is 70.3 Å². The lowest BCUT2D eigenvalue weighted by Gasteiger charge is -2.43. The molecule has 0 radical (unpaired) electrons. The van der Waals surface area contributed by atoms with Crippen LogP contribution in [0.2, 0.25) is 5.02 Å². The lowest BCUT2D eigenvalue weighted by atomic mass is 9.78. The van der Waals surface area contributed by atoms with E-state index in [-0.39, 0.29) is 11.4 Å². The number of piperazine rings is 1. The van der Waals surface area contributed by atoms with Gasteiger partial charge in [-0.3, -0.25) is 14.6 Å². The Hall–Kier alpha value is -3.75. The number of benzene rings is 2. The molecule has 10 nitrogen and oxygen atoms in total. The molecule has 6 rings (SSSR count). The summed E-state index contributed by atoms with van der Waals surface area (Å²) in [7, 11) is 0. The molecule has 1 aromatic heterocycles. The molecule has 53 heavy (non-hydrogen) atoms. The van der Waals surface area contributed by atoms with Crippen molar-refractivity contribution in [3.63, 3.8) is 0 Å². The molecule has 4 heterocycles. The molecular weight excluding hydrogens is 686 g/mol. The smallest absolute Gasteiger partial charge is 0.320 e. The zero-order valence-corrected chi connectivity index (χ0v) is 32.9. The SMILES string of the molecule is CC(C)(C)OC(=O)CN1CCC(N2CCC(CN3CCN(c4nccc(COc5ccc(C(C)(C)c6cc(Cl)cc(C#N)c6)cc5)n4)CC3)CC2)CC1. The first kappa shape index (κ1) is 39.0. The molecule has 2 aromatic carbocycles. The van der Waals surface area contributed by atoms with Crippen molar-refractivity contribution in [1.82, 2.24) is 24.7 Å². The third kappa shape index (κ3) is 10.7. The number of hydrogen-bond acceptors (Lipinski definition) is 10. The third-order valence-corrected chi connectivity index (χ3v) is 11.3. The normalized spacial score (nSPS) is 18.8. The first-order valence-electron chi connectivity index (χ1n) is 19.3. The van der Waals surface area contributed by atoms with Gasteiger partial charge < -0.3 is 19.3 Å². The molecule has 0 atom stereocenters. The summed E-state index contributed by atoms with van der Waals surface area (Å²) in [6.07, 6.45) is 6.62. The minimum atomic E-state index is -0.425. The first-order valence-corrected chi connectivity index (χ1v) is 19.6. The van der Waals surface area contributed by atoms with Crippen molar-refractivity contribution in [1.29, 1.82) is 5.26 Å². The fraction of sp³-hybridized carbons (Fsp3) is 0.571. The van der Waals surface area contributed by atoms with Gasteiger partial charge in [0, 0.05) is 68.5 Å². The van der Waals surface area contributed by atoms with E-state index in [1.807, 2.05) is 57.3 Å². The lowest BCUT2D eigenvalue weighted by molar-refractivity contribution is -0.156. The molecule has 0 N–H and O–H groups in total. The highest BCUT2D eigenvalue weighted by atomic mass is 35.5. The van der Waals surface area contributed by atoms with Crippen molar-refractivity contribution in [3.8, 4) is 11.8 Å². The van der Waals surface area contributed by atoms with Crippen LogP contribution in [0, 0.1) is 17.2 Å². The minimum Gasteiger partial charge on any atom is -0.487 e. The Labute approximate surface area is 321 Å². The van der Waals surface area contributed by atoms with Crippen LogP contribution in [0.1, 0.15) is 82.7 Å². The van der Waals surface area contributed by atoms with E-state index < -0.39 is 5.60 Å². The van der Waals surface area contributed by atoms with E-state index in [0.29, 0.717) is 29.8 Å². The summed E-state index contributed by atoms with van der Waals surface area (Å²) in [6.45, 7) is 20.2. The summed E-state index contributed by atoms with van der Waals surface area (Å²) in [6, 6.07) is 18.4. The maximum Gasteiger partial charge on any atom is 0.320 e. The van der Waals surface area contributed by atoms with E-state index in [4.69, 9.17) is 26.1 Å². The van der Waals surface area contributed by atoms with Gasteiger partial charge in [0.15, 0.2) is 0 Å². The van der Waals surface area contributed by atoms with Crippen molar-refractivity contribution in [3.05, 3.63) is 82.1 Å². The van der Waals surface area contributed by atoms with Crippen LogP contribution in [-0.4, -0.2) is 108 Å². The van der Waals surface area contributed by atoms with Gasteiger partial charge in [-0.15, -0.1) is 0 Å². The van der Waals surface area contributed by atoms with E-state index >= 15 is 0 Å². The van der Waals surface area contributed by atoms with Gasteiger partial charge in [0.2, 0.25) is 5.95 Å². The van der Waals surface area contributed by atoms with E-state index in [1.54, 1.807) is 6.07 Å². The number of nitriles is 1. The molecule has 284 valence electrons. The fourth-order valence-corrected chi connectivity index (χ4v) is 8.15. The predicted molar refractivity (Wildman–Crippen MR) is 209 cm³/mol. The molecule has 3 fully saturated rings. The van der Waals surface area contributed by atoms with E-state index in [0.717, 1.165) is 86.5 Å². The summed E-state index contributed by atoms with van der Waals surface area (Å²) in [5, 5.41) is 9.96. The van der Waals surface area contributed by atoms with Crippen LogP contribution in [0.5, 0.6) is 5.75 Å². The number of piperidine rings is 2. The molecule has 3 aromatic rings. The highest BCUT2D eigenvalue weighted by molar-refractivity contribution is 6.30. The van der Waals surface area contributed by atoms with Gasteiger partial charge >= 0.3 is 5.97 Å². The molecule has 0 spiro atoms. The Balaban J connectivity index is 0.906. The van der Waals surface area contributed by atoms with Crippen LogP contribution < -0.4 is 9.64 Å². The van der Waals surface area contributed by atoms with Gasteiger partial charge in [-0.25, -0.2) is 9.97 Å². The highest BCUT2D eigenvalue weighted by Gasteiger charge is 2.31. The minimum absolute atomic E-state index is 0.114. The number of nitrogens with zero attached hydrogens (tertiary/aromatic N) is 7. The van der Waals surface area contributed by atoms with E-state index in [1.165, 1.54) is 32.5 Å². The predicted octanol–water partition coefficient (Wildman–Crippen LogP) is 6.55. The van der Waals surface area contributed by atoms with Crippen molar-refractivity contribution in [2.24, 2.45) is 5.92 Å². The van der Waals surface area contributed by atoms with Crippen LogP contribution in [0.15, 0.2) is 54.7 Å². The Bertz CT molecular complexity index is 1710. The second-order valence-corrected chi connectivity index (χ2v) is 16.9. The number of aromatic nitrogens is 2. The number of esters is 1. The highest BCUT2D eigenvalue weighted by Crippen LogP contribution is 2.34. The van der Waals surface area contributed by atoms with E-state index in [9.17, 15) is 10.1 Å². The molecular formula is C42H56ClN7O3. The summed E-state index contributed by atoms with van der Waals surface area (Å²) >= 11 is 6.30. The topological polar surface area (TPSA) is 98.1 Å². The van der Waals surface area contributed by atoms with Crippen LogP contribution in [0.3, 0.4) is 0 Å². The third-order valence-electron chi connectivity index (χ3n) is 11.1. The monoisotopic (exact) mass is 741 g/mol. The van der Waals surface area contributed by atoms with Gasteiger partial charge in [0.05, 0.1) is 23.9 Å². The second-order valence-electron chi connectivity index (χ2n) is 16.5. The number of carbonyl (C=O) groups is 1. The quantitative estimate of drug-likeness (QED) is 0.202. The Kier molecular flexibility index (Phi) is 12.6. The summed E-state index contributed by atoms with van der Waals surface area (Å²) in [5.41, 5.74) is 2.76. The Morgan fingerprint density at radius 3 is 2.23 bits per heavy atom. The molecule has 0 saturated carbocycles. The largest absolute Gasteiger partial charge is 0.487 e. The summed E-state index contributed by atoms with van der Waals surface area (Å²) in [5.74, 6) is 2.17. The molecule has 0 unspecified atom stereocenters. The van der Waals surface area contributed by atoms with Crippen molar-refractivity contribution >= 4 is 23.5 Å². The molecule has 0 aliphatic carbocycles. The van der Waals surface area contributed by atoms with Crippen molar-refractivity contribution in [2.45, 2.75) is 84.0 Å². The maximum atomic E-state index is 12.3. The zero-order chi connectivity index (χ0) is 37.6. The zero-order valence-electron chi connectivity index (χ0n) is 32.2. The second kappa shape index (κ2) is 17.2. The Morgan fingerprint density at radius 1 is 0.868 bits per heavy atom. The summed E-state index contributed by atoms with van der Waals surface area (Å²) in [4.78, 5) is 31.6. The number of carbonyl (C=O) groups excluding carboxylic acids is 1. The number of halogens is 1. The average molecular weight is 742 g/mol. The number of anilines is 1. The van der Waals surface area contributed by atoms with Gasteiger partial charge in [0.1, 0.15) is 18.0 Å². The maximum absolute atomic E-state index is 12.3. The molecule has 3 saturated heterocycles. The van der Waals surface area contributed by atoms with Crippen LogP contribution in [-0.2, 0) is 21.6 Å². The van der Waals surface area contributed by atoms with Gasteiger partial charge in [-0.2, -0.15) is 5.26 Å². The Morgan fingerprint density at radius 2 is 1.57 bits per heavy atom. The molecule has 11 heteroatoms. The number of ether oxygens (including phenoxy) is 2. The standard InChI is InChI=1S/C42H56ClN7O3/c1-41(2,3)53-39(51)29-47-16-13-37(14-17-47)49-18-11-31(12-19-49)28-48-20-22-50(23-21-48)40-45-15-10-36(46-40)30-52-38-8-6-33(7-9-38)42(4,5)34-24-32(27-44)25-35(43)26-34/h6-10,15,24-26,31,37H,11-14,16-23,28-30H2,1-5H3. The molecule has 3 aliphatic heterocycles. The van der Waals surface area contributed by atoms with Crippen molar-refractivity contribution < 1.29 is 14.3 Å². The molecule has 0 amide bonds. The van der Waals surface area contributed by atoms with Gasteiger partial charge in [-0.1, -0.05) is 37.6 Å². The van der Waals surface area contributed by atoms with Gasteiger partial charge in [0.25, 0.3) is 0 Å². The van der Waals surface area contributed by atoms with Crippen LogP contribution in [0.4, 0.5) is 5.95 Å². The molecule has 0 bridgehead atoms. The van der Waals surface area contributed by atoms with Gasteiger partial charge in [-0.05, 0) is 113 Å². The lowest BCUT2D eigenvalue weighted by Crippen LogP contribution is -2.51. The summed E-state index contributed by atoms with van der Waals surface area (Å²) < 4.78 is 11.7. The first-order chi connectivity index (χ1) is 25.3. The van der Waals surface area contributed by atoms with Crippen LogP contribution >= 0.6 is 11.6 Å². The fourth-order valence-electron chi connectivity index (χ4n) is 7.92. The molecule has 3 aliphatic rings. The number of likely N-dealkylation sites (tertiary alicyclic amines) is 2. The number of hydrogen-bond donors (Lipinski definition) is 0. The average Bonchev–Trinajstić information content (AvgIpc) is 3.14. The van der Waals surface area contributed by atoms with E-state index in [2.05, 4.69) is 56.6 Å².